The molecule has 2 unspecified atom stereocenters. The van der Waals surface area contributed by atoms with Gasteiger partial charge in [-0.05, 0) is 24.5 Å². The summed E-state index contributed by atoms with van der Waals surface area (Å²) in [5, 5.41) is 20.9. The molecule has 20 heteroatoms. The molecule has 1 aliphatic heterocycles. The topological polar surface area (TPSA) is 227 Å². The lowest BCUT2D eigenvalue weighted by Crippen LogP contribution is -2.33. The van der Waals surface area contributed by atoms with E-state index in [4.69, 9.17) is 31.6 Å². The zero-order chi connectivity index (χ0) is 22.9. The maximum Gasteiger partial charge on any atom is 0.490 e. The number of aliphatic hydroxyl groups excluding tert-OH is 2. The fourth-order valence-corrected chi connectivity index (χ4v) is 6.00. The molecule has 15 nitrogen and oxygen atoms in total. The van der Waals surface area contributed by atoms with Crippen LogP contribution in [0.3, 0.4) is 0 Å². The lowest BCUT2D eigenvalue weighted by Gasteiger charge is -2.19. The van der Waals surface area contributed by atoms with Crippen LogP contribution in [0.2, 0.25) is 0 Å². The molecule has 0 bridgehead atoms. The van der Waals surface area contributed by atoms with Gasteiger partial charge in [0, 0.05) is 6.20 Å². The molecule has 0 aliphatic carbocycles. The van der Waals surface area contributed by atoms with Crippen LogP contribution in [0, 0.1) is 4.77 Å². The first kappa shape index (κ1) is 26.2. The summed E-state index contributed by atoms with van der Waals surface area (Å²) in [6.07, 6.45) is -2.61. The maximum absolute atomic E-state index is 11.7. The standard InChI is InChI=1S/C10H17N2O13P3S2/c1-30-6-2-3-12(10(29)11-6)9-8(14)7(13)5(23-9)4-22-27(18,19)25-28(20,21)24-26(15,16)17/h2-3,5,7-9,13-14H,4H2,1H3,(H,18,19)(H,20,21)(H2,15,16,17)/t5-,7-,8-,9-/m1/s1. The first-order chi connectivity index (χ1) is 13.6. The number of nitrogens with zero attached hydrogens (tertiary/aromatic N) is 2. The van der Waals surface area contributed by atoms with Crippen molar-refractivity contribution in [2.75, 3.05) is 12.9 Å². The van der Waals surface area contributed by atoms with Gasteiger partial charge in [0.2, 0.25) is 4.77 Å². The van der Waals surface area contributed by atoms with Gasteiger partial charge < -0.3 is 34.5 Å². The summed E-state index contributed by atoms with van der Waals surface area (Å²) in [6, 6.07) is 1.57. The molecule has 0 spiro atoms. The van der Waals surface area contributed by atoms with Crippen molar-refractivity contribution in [1.82, 2.24) is 9.55 Å². The largest absolute Gasteiger partial charge is 0.490 e. The molecule has 2 heterocycles. The van der Waals surface area contributed by atoms with E-state index < -0.39 is 54.6 Å². The van der Waals surface area contributed by atoms with Crippen LogP contribution in [0.1, 0.15) is 6.23 Å². The summed E-state index contributed by atoms with van der Waals surface area (Å²) in [4.78, 5) is 39.6. The van der Waals surface area contributed by atoms with Gasteiger partial charge in [0.1, 0.15) is 23.3 Å². The van der Waals surface area contributed by atoms with Gasteiger partial charge in [0.05, 0.1) is 6.61 Å². The molecule has 6 N–H and O–H groups in total. The van der Waals surface area contributed by atoms with Crippen molar-refractivity contribution in [2.45, 2.75) is 29.6 Å². The lowest BCUT2D eigenvalue weighted by molar-refractivity contribution is -0.0534. The predicted octanol–water partition coefficient (Wildman–Crippen LogP) is 0.297. The number of phosphoric acid groups is 3. The summed E-state index contributed by atoms with van der Waals surface area (Å²) in [7, 11) is -16.6. The van der Waals surface area contributed by atoms with Crippen LogP contribution >= 0.6 is 47.4 Å². The van der Waals surface area contributed by atoms with Crippen molar-refractivity contribution >= 4 is 47.4 Å². The number of thioether (sulfide) groups is 1. The van der Waals surface area contributed by atoms with E-state index in [0.29, 0.717) is 5.03 Å². The highest BCUT2D eigenvalue weighted by Gasteiger charge is 2.46. The second-order valence-electron chi connectivity index (χ2n) is 5.59. The van der Waals surface area contributed by atoms with E-state index in [1.54, 1.807) is 12.3 Å². The van der Waals surface area contributed by atoms with E-state index in [-0.39, 0.29) is 4.77 Å². The van der Waals surface area contributed by atoms with E-state index in [0.717, 1.165) is 0 Å². The molecular weight excluding hydrogens is 513 g/mol. The molecule has 1 aromatic heterocycles. The Morgan fingerprint density at radius 3 is 2.33 bits per heavy atom. The van der Waals surface area contributed by atoms with E-state index in [9.17, 15) is 28.8 Å². The number of aliphatic hydroxyl groups is 2. The van der Waals surface area contributed by atoms with Gasteiger partial charge in [-0.3, -0.25) is 9.09 Å². The van der Waals surface area contributed by atoms with Crippen molar-refractivity contribution in [1.29, 1.82) is 0 Å². The first-order valence-electron chi connectivity index (χ1n) is 7.57. The maximum atomic E-state index is 11.7. The number of hydrogen-bond donors (Lipinski definition) is 6. The minimum absolute atomic E-state index is 0.0200. The van der Waals surface area contributed by atoms with E-state index in [1.807, 2.05) is 0 Å². The Kier molecular flexibility index (Phi) is 8.58. The quantitative estimate of drug-likeness (QED) is 0.109. The molecule has 0 radical (unpaired) electrons. The first-order valence-corrected chi connectivity index (χ1v) is 13.7. The Balaban J connectivity index is 2.06. The van der Waals surface area contributed by atoms with E-state index >= 15 is 0 Å². The van der Waals surface area contributed by atoms with Gasteiger partial charge in [-0.25, -0.2) is 18.7 Å². The number of aromatic nitrogens is 2. The van der Waals surface area contributed by atoms with Crippen LogP contribution in [0.25, 0.3) is 0 Å². The molecule has 30 heavy (non-hydrogen) atoms. The third kappa shape index (κ3) is 7.24. The SMILES string of the molecule is CSc1ccn([C@@H]2O[C@H](COP(=O)(O)OP(=O)(O)OP(=O)(O)O)[C@@H](O)[C@H]2O)c(=S)n1. The van der Waals surface area contributed by atoms with Crippen LogP contribution in [0.15, 0.2) is 17.3 Å². The predicted molar refractivity (Wildman–Crippen MR) is 101 cm³/mol. The highest BCUT2D eigenvalue weighted by Crippen LogP contribution is 2.66. The summed E-state index contributed by atoms with van der Waals surface area (Å²) in [5.74, 6) is 0. The Morgan fingerprint density at radius 2 is 1.80 bits per heavy atom. The van der Waals surface area contributed by atoms with Crippen LogP contribution in [-0.4, -0.2) is 70.5 Å². The fourth-order valence-electron chi connectivity index (χ4n) is 2.27. The van der Waals surface area contributed by atoms with Crippen LogP contribution in [-0.2, 0) is 31.6 Å². The van der Waals surface area contributed by atoms with Crippen LogP contribution in [0.5, 0.6) is 0 Å². The van der Waals surface area contributed by atoms with E-state index in [1.165, 1.54) is 22.5 Å². The normalized spacial score (nSPS) is 28.8. The molecular formula is C10H17N2O13P3S2. The van der Waals surface area contributed by atoms with Gasteiger partial charge in [-0.2, -0.15) is 8.62 Å². The molecule has 1 aromatic rings. The Bertz CT molecular complexity index is 969. The lowest BCUT2D eigenvalue weighted by atomic mass is 10.1. The average Bonchev–Trinajstić information content (AvgIpc) is 2.85. The highest BCUT2D eigenvalue weighted by molar-refractivity contribution is 7.98. The van der Waals surface area contributed by atoms with Crippen molar-refractivity contribution < 1.29 is 61.4 Å². The fraction of sp³-hybridized carbons (Fsp3) is 0.600. The van der Waals surface area contributed by atoms with Crippen molar-refractivity contribution in [3.63, 3.8) is 0 Å². The molecule has 0 amide bonds. The van der Waals surface area contributed by atoms with Gasteiger partial charge in [-0.15, -0.1) is 11.8 Å². The third-order valence-electron chi connectivity index (χ3n) is 3.44. The summed E-state index contributed by atoms with van der Waals surface area (Å²) < 4.78 is 51.8. The monoisotopic (exact) mass is 530 g/mol. The summed E-state index contributed by atoms with van der Waals surface area (Å²) >= 11 is 6.41. The average molecular weight is 530 g/mol. The molecule has 1 aliphatic rings. The zero-order valence-corrected chi connectivity index (χ0v) is 19.1. The molecule has 0 saturated carbocycles. The molecule has 1 fully saturated rings. The molecule has 172 valence electrons. The zero-order valence-electron chi connectivity index (χ0n) is 14.8. The Morgan fingerprint density at radius 1 is 1.17 bits per heavy atom. The molecule has 1 saturated heterocycles. The van der Waals surface area contributed by atoms with Gasteiger partial charge in [-0.1, -0.05) is 0 Å². The molecule has 6 atom stereocenters. The van der Waals surface area contributed by atoms with Crippen molar-refractivity contribution in [3.05, 3.63) is 17.0 Å². The van der Waals surface area contributed by atoms with Crippen molar-refractivity contribution in [2.24, 2.45) is 0 Å². The van der Waals surface area contributed by atoms with E-state index in [2.05, 4.69) is 18.1 Å². The minimum Gasteiger partial charge on any atom is -0.387 e. The number of hydrogen-bond acceptors (Lipinski definition) is 12. The molecule has 0 aromatic carbocycles. The number of phosphoric ester groups is 1. The van der Waals surface area contributed by atoms with Gasteiger partial charge >= 0.3 is 23.5 Å². The summed E-state index contributed by atoms with van der Waals surface area (Å²) in [6.45, 7) is -0.929. The number of ether oxygens (including phenoxy) is 1. The van der Waals surface area contributed by atoms with Crippen molar-refractivity contribution in [3.8, 4) is 0 Å². The highest BCUT2D eigenvalue weighted by atomic mass is 32.2. The minimum atomic E-state index is -5.68. The second kappa shape index (κ2) is 9.83. The number of rotatable bonds is 9. The summed E-state index contributed by atoms with van der Waals surface area (Å²) in [5.41, 5.74) is 0. The Hall–Kier alpha value is -0.0600. The van der Waals surface area contributed by atoms with Gasteiger partial charge in [0.15, 0.2) is 6.23 Å². The smallest absolute Gasteiger partial charge is 0.387 e. The van der Waals surface area contributed by atoms with Crippen LogP contribution in [0.4, 0.5) is 0 Å². The van der Waals surface area contributed by atoms with Crippen LogP contribution < -0.4 is 0 Å². The molecule has 2 rings (SSSR count). The Labute approximate surface area is 178 Å². The second-order valence-corrected chi connectivity index (χ2v) is 11.2. The van der Waals surface area contributed by atoms with Gasteiger partial charge in [0.25, 0.3) is 0 Å². The third-order valence-corrected chi connectivity index (χ3v) is 8.19.